The summed E-state index contributed by atoms with van der Waals surface area (Å²) in [7, 11) is 1.40. The van der Waals surface area contributed by atoms with E-state index in [9.17, 15) is 9.59 Å². The topological polar surface area (TPSA) is 71.8 Å². The summed E-state index contributed by atoms with van der Waals surface area (Å²) in [6, 6.07) is 5.44. The molecule has 2 atom stereocenters. The van der Waals surface area contributed by atoms with Crippen LogP contribution in [0.25, 0.3) is 11.0 Å². The molecule has 0 spiro atoms. The number of anilines is 1. The highest BCUT2D eigenvalue weighted by molar-refractivity contribution is 5.93. The third kappa shape index (κ3) is 3.09. The number of nitrogens with zero attached hydrogens (tertiary/aromatic N) is 1. The number of ether oxygens (including phenoxy) is 1. The molecule has 0 radical (unpaired) electrons. The first-order chi connectivity index (χ1) is 11.5. The molecule has 2 aromatic rings. The molecule has 1 saturated heterocycles. The molecule has 6 heteroatoms. The molecule has 0 unspecified atom stereocenters. The van der Waals surface area contributed by atoms with Crippen molar-refractivity contribution in [3.63, 3.8) is 0 Å². The second kappa shape index (κ2) is 6.55. The van der Waals surface area contributed by atoms with Crippen LogP contribution < -0.4 is 5.32 Å². The van der Waals surface area contributed by atoms with Gasteiger partial charge in [0, 0.05) is 24.2 Å². The van der Waals surface area contributed by atoms with E-state index in [4.69, 9.17) is 9.15 Å². The Labute approximate surface area is 140 Å². The van der Waals surface area contributed by atoms with E-state index in [0.29, 0.717) is 19.5 Å². The molecule has 24 heavy (non-hydrogen) atoms. The van der Waals surface area contributed by atoms with Crippen LogP contribution in [0.3, 0.4) is 0 Å². The van der Waals surface area contributed by atoms with E-state index in [0.717, 1.165) is 22.2 Å². The van der Waals surface area contributed by atoms with Crippen LogP contribution in [0, 0.1) is 18.8 Å². The smallest absolute Gasteiger partial charge is 0.321 e. The third-order valence-corrected chi connectivity index (χ3v) is 4.71. The van der Waals surface area contributed by atoms with Gasteiger partial charge in [0.1, 0.15) is 5.58 Å². The average Bonchev–Trinajstić information content (AvgIpc) is 2.95. The average molecular weight is 330 g/mol. The van der Waals surface area contributed by atoms with Crippen molar-refractivity contribution < 1.29 is 18.7 Å². The van der Waals surface area contributed by atoms with Crippen molar-refractivity contribution in [3.8, 4) is 0 Å². The minimum atomic E-state index is -0.191. The SMILES string of the molecule is COC(=O)[C@H]1CCN(C(=O)Nc2ccc3occ(C)c3c2)C[C@H]1C. The maximum atomic E-state index is 12.5. The van der Waals surface area contributed by atoms with Crippen LogP contribution in [0.5, 0.6) is 0 Å². The van der Waals surface area contributed by atoms with Gasteiger partial charge < -0.3 is 19.4 Å². The van der Waals surface area contributed by atoms with Crippen molar-refractivity contribution in [2.45, 2.75) is 20.3 Å². The molecule has 2 heterocycles. The van der Waals surface area contributed by atoms with Gasteiger partial charge in [-0.05, 0) is 43.0 Å². The minimum absolute atomic E-state index is 0.0792. The van der Waals surface area contributed by atoms with Gasteiger partial charge in [-0.3, -0.25) is 4.79 Å². The summed E-state index contributed by atoms with van der Waals surface area (Å²) in [6.45, 7) is 5.03. The number of methoxy groups -OCH3 is 1. The molecule has 6 nitrogen and oxygen atoms in total. The van der Waals surface area contributed by atoms with Crippen molar-refractivity contribution in [3.05, 3.63) is 30.0 Å². The molecule has 2 amide bonds. The Hall–Kier alpha value is -2.50. The van der Waals surface area contributed by atoms with Crippen LogP contribution >= 0.6 is 0 Å². The lowest BCUT2D eigenvalue weighted by atomic mass is 9.87. The highest BCUT2D eigenvalue weighted by Crippen LogP contribution is 2.26. The Morgan fingerprint density at radius 1 is 1.38 bits per heavy atom. The maximum absolute atomic E-state index is 12.5. The fourth-order valence-corrected chi connectivity index (χ4v) is 3.27. The minimum Gasteiger partial charge on any atom is -0.469 e. The molecule has 1 aliphatic rings. The number of fused-ring (bicyclic) bond motifs is 1. The lowest BCUT2D eigenvalue weighted by Crippen LogP contribution is -2.46. The number of urea groups is 1. The molecule has 1 aromatic carbocycles. The van der Waals surface area contributed by atoms with E-state index in [1.54, 1.807) is 11.2 Å². The van der Waals surface area contributed by atoms with Crippen LogP contribution in [0.2, 0.25) is 0 Å². The van der Waals surface area contributed by atoms with Gasteiger partial charge in [-0.1, -0.05) is 6.92 Å². The lowest BCUT2D eigenvalue weighted by molar-refractivity contribution is -0.148. The van der Waals surface area contributed by atoms with Crippen LogP contribution in [0.4, 0.5) is 10.5 Å². The number of hydrogen-bond acceptors (Lipinski definition) is 4. The van der Waals surface area contributed by atoms with Gasteiger partial charge >= 0.3 is 12.0 Å². The summed E-state index contributed by atoms with van der Waals surface area (Å²) < 4.78 is 10.2. The molecule has 0 bridgehead atoms. The van der Waals surface area contributed by atoms with Gasteiger partial charge in [0.05, 0.1) is 19.3 Å². The normalized spacial score (nSPS) is 20.9. The summed E-state index contributed by atoms with van der Waals surface area (Å²) in [5.74, 6) is -0.247. The third-order valence-electron chi connectivity index (χ3n) is 4.71. The van der Waals surface area contributed by atoms with Gasteiger partial charge in [-0.2, -0.15) is 0 Å². The summed E-state index contributed by atoms with van der Waals surface area (Å²) in [5, 5.41) is 3.92. The van der Waals surface area contributed by atoms with Crippen molar-refractivity contribution in [1.82, 2.24) is 4.90 Å². The Balaban J connectivity index is 1.66. The number of esters is 1. The van der Waals surface area contributed by atoms with Crippen molar-refractivity contribution >= 4 is 28.7 Å². The van der Waals surface area contributed by atoms with E-state index in [2.05, 4.69) is 5.32 Å². The molecular weight excluding hydrogens is 308 g/mol. The molecule has 1 N–H and O–H groups in total. The molecule has 1 fully saturated rings. The monoisotopic (exact) mass is 330 g/mol. The number of benzene rings is 1. The van der Waals surface area contributed by atoms with E-state index >= 15 is 0 Å². The predicted molar refractivity (Wildman–Crippen MR) is 90.8 cm³/mol. The molecular formula is C18H22N2O4. The fourth-order valence-electron chi connectivity index (χ4n) is 3.27. The summed E-state index contributed by atoms with van der Waals surface area (Å²) in [4.78, 5) is 26.0. The number of piperidine rings is 1. The number of hydrogen-bond donors (Lipinski definition) is 1. The molecule has 0 saturated carbocycles. The number of rotatable bonds is 2. The van der Waals surface area contributed by atoms with E-state index in [1.165, 1.54) is 7.11 Å². The standard InChI is InChI=1S/C18H22N2O4/c1-11-9-20(7-6-14(11)17(21)23-3)18(22)19-13-4-5-16-15(8-13)12(2)10-24-16/h4-5,8,10-11,14H,6-7,9H2,1-3H3,(H,19,22)/t11-,14+/m1/s1. The molecule has 0 aliphatic carbocycles. The molecule has 3 rings (SSSR count). The number of carbonyl (C=O) groups is 2. The van der Waals surface area contributed by atoms with Gasteiger partial charge in [-0.25, -0.2) is 4.79 Å². The lowest BCUT2D eigenvalue weighted by Gasteiger charge is -2.35. The van der Waals surface area contributed by atoms with E-state index < -0.39 is 0 Å². The first kappa shape index (κ1) is 16.4. The van der Waals surface area contributed by atoms with Gasteiger partial charge in [0.2, 0.25) is 0 Å². The predicted octanol–water partition coefficient (Wildman–Crippen LogP) is 3.40. The largest absolute Gasteiger partial charge is 0.469 e. The number of nitrogens with one attached hydrogen (secondary N) is 1. The van der Waals surface area contributed by atoms with E-state index in [-0.39, 0.29) is 23.8 Å². The Kier molecular flexibility index (Phi) is 4.46. The zero-order valence-corrected chi connectivity index (χ0v) is 14.2. The fraction of sp³-hybridized carbons (Fsp3) is 0.444. The second-order valence-corrected chi connectivity index (χ2v) is 6.40. The number of likely N-dealkylation sites (tertiary alicyclic amines) is 1. The maximum Gasteiger partial charge on any atom is 0.321 e. The quantitative estimate of drug-likeness (QED) is 0.857. The number of aryl methyl sites for hydroxylation is 1. The summed E-state index contributed by atoms with van der Waals surface area (Å²) in [6.07, 6.45) is 2.33. The first-order valence-electron chi connectivity index (χ1n) is 8.11. The summed E-state index contributed by atoms with van der Waals surface area (Å²) >= 11 is 0. The van der Waals surface area contributed by atoms with Gasteiger partial charge in [-0.15, -0.1) is 0 Å². The van der Waals surface area contributed by atoms with E-state index in [1.807, 2.05) is 32.0 Å². The number of furan rings is 1. The van der Waals surface area contributed by atoms with Crippen molar-refractivity contribution in [2.24, 2.45) is 11.8 Å². The highest BCUT2D eigenvalue weighted by Gasteiger charge is 2.33. The molecule has 1 aliphatic heterocycles. The van der Waals surface area contributed by atoms with Crippen LogP contribution in [-0.2, 0) is 9.53 Å². The van der Waals surface area contributed by atoms with Crippen molar-refractivity contribution in [1.29, 1.82) is 0 Å². The second-order valence-electron chi connectivity index (χ2n) is 6.40. The Bertz CT molecular complexity index is 767. The molecule has 1 aromatic heterocycles. The Morgan fingerprint density at radius 3 is 2.88 bits per heavy atom. The van der Waals surface area contributed by atoms with Gasteiger partial charge in [0.15, 0.2) is 0 Å². The van der Waals surface area contributed by atoms with Gasteiger partial charge in [0.25, 0.3) is 0 Å². The Morgan fingerprint density at radius 2 is 2.17 bits per heavy atom. The zero-order chi connectivity index (χ0) is 17.3. The molecule has 128 valence electrons. The van der Waals surface area contributed by atoms with Crippen LogP contribution in [0.15, 0.2) is 28.9 Å². The number of carbonyl (C=O) groups excluding carboxylic acids is 2. The zero-order valence-electron chi connectivity index (χ0n) is 14.2. The van der Waals surface area contributed by atoms with Crippen LogP contribution in [-0.4, -0.2) is 37.1 Å². The first-order valence-corrected chi connectivity index (χ1v) is 8.11. The van der Waals surface area contributed by atoms with Crippen LogP contribution in [0.1, 0.15) is 18.9 Å². The highest BCUT2D eigenvalue weighted by atomic mass is 16.5. The number of amides is 2. The summed E-state index contributed by atoms with van der Waals surface area (Å²) in [5.41, 5.74) is 2.58. The van der Waals surface area contributed by atoms with Crippen molar-refractivity contribution in [2.75, 3.05) is 25.5 Å².